The van der Waals surface area contributed by atoms with E-state index < -0.39 is 21.1 Å². The van der Waals surface area contributed by atoms with Crippen molar-refractivity contribution in [2.45, 2.75) is 30.5 Å². The van der Waals surface area contributed by atoms with E-state index in [0.29, 0.717) is 17.9 Å². The zero-order valence-corrected chi connectivity index (χ0v) is 11.5. The van der Waals surface area contributed by atoms with Gasteiger partial charge in [0.25, 0.3) is 0 Å². The molecule has 1 N–H and O–H groups in total. The maximum atomic E-state index is 12.2. The van der Waals surface area contributed by atoms with E-state index in [0.717, 1.165) is 11.3 Å². The number of ether oxygens (including phenoxy) is 1. The number of carbonyl (C=O) groups is 1. The molecule has 2 unspecified atom stereocenters. The summed E-state index contributed by atoms with van der Waals surface area (Å²) in [5, 5.41) is 8.31. The molecule has 0 saturated carbocycles. The highest BCUT2D eigenvalue weighted by molar-refractivity contribution is 7.91. The number of thiophene rings is 1. The molecule has 1 aliphatic heterocycles. The van der Waals surface area contributed by atoms with Crippen LogP contribution < -0.4 is 0 Å². The summed E-state index contributed by atoms with van der Waals surface area (Å²) in [4.78, 5) is 11.5. The number of carboxylic acid groups (broad SMARTS) is 1. The standard InChI is InChI=1S/C11H14O5S2/c1-7-10(4-5-16-7)18(14,15)6-8-2-3-9(17-8)11(12)13/h2-3,7,10H,4-6H2,1H3,(H,12,13). The molecule has 1 aliphatic rings. The van der Waals surface area contributed by atoms with E-state index in [-0.39, 0.29) is 16.7 Å². The molecule has 1 saturated heterocycles. The third-order valence-corrected chi connectivity index (χ3v) is 6.49. The van der Waals surface area contributed by atoms with Gasteiger partial charge in [-0.3, -0.25) is 0 Å². The lowest BCUT2D eigenvalue weighted by atomic mass is 10.3. The van der Waals surface area contributed by atoms with Gasteiger partial charge in [-0.15, -0.1) is 11.3 Å². The predicted molar refractivity (Wildman–Crippen MR) is 67.7 cm³/mol. The molecule has 2 rings (SSSR count). The van der Waals surface area contributed by atoms with Gasteiger partial charge >= 0.3 is 5.97 Å². The second kappa shape index (κ2) is 4.99. The summed E-state index contributed by atoms with van der Waals surface area (Å²) >= 11 is 1.01. The van der Waals surface area contributed by atoms with Crippen LogP contribution in [0.25, 0.3) is 0 Å². The van der Waals surface area contributed by atoms with Gasteiger partial charge in [-0.05, 0) is 25.5 Å². The largest absolute Gasteiger partial charge is 0.477 e. The van der Waals surface area contributed by atoms with Gasteiger partial charge in [0.15, 0.2) is 9.84 Å². The Hall–Kier alpha value is -0.920. The molecule has 5 nitrogen and oxygen atoms in total. The molecular weight excluding hydrogens is 276 g/mol. The van der Waals surface area contributed by atoms with Crippen LogP contribution in [0, 0.1) is 0 Å². The Morgan fingerprint density at radius 1 is 1.56 bits per heavy atom. The maximum Gasteiger partial charge on any atom is 0.345 e. The number of sulfone groups is 1. The summed E-state index contributed by atoms with van der Waals surface area (Å²) in [5.41, 5.74) is 0. The van der Waals surface area contributed by atoms with Gasteiger partial charge in [0, 0.05) is 11.5 Å². The first-order valence-electron chi connectivity index (χ1n) is 5.55. The first-order valence-corrected chi connectivity index (χ1v) is 8.08. The molecule has 0 amide bonds. The third kappa shape index (κ3) is 2.73. The van der Waals surface area contributed by atoms with Crippen molar-refractivity contribution in [3.05, 3.63) is 21.9 Å². The molecule has 7 heteroatoms. The molecule has 18 heavy (non-hydrogen) atoms. The Morgan fingerprint density at radius 3 is 2.78 bits per heavy atom. The number of rotatable bonds is 4. The lowest BCUT2D eigenvalue weighted by Gasteiger charge is -2.14. The van der Waals surface area contributed by atoms with Crippen LogP contribution in [0.3, 0.4) is 0 Å². The average Bonchev–Trinajstić information content (AvgIpc) is 2.86. The van der Waals surface area contributed by atoms with E-state index in [1.54, 1.807) is 13.0 Å². The summed E-state index contributed by atoms with van der Waals surface area (Å²) in [6.07, 6.45) is 0.231. The Labute approximate surface area is 109 Å². The second-order valence-corrected chi connectivity index (χ2v) is 7.67. The van der Waals surface area contributed by atoms with Crippen molar-refractivity contribution in [3.63, 3.8) is 0 Å². The van der Waals surface area contributed by atoms with E-state index in [2.05, 4.69) is 0 Å². The monoisotopic (exact) mass is 290 g/mol. The lowest BCUT2D eigenvalue weighted by Crippen LogP contribution is -2.28. The fraction of sp³-hybridized carbons (Fsp3) is 0.545. The fourth-order valence-electron chi connectivity index (χ4n) is 2.06. The molecule has 100 valence electrons. The first-order chi connectivity index (χ1) is 8.40. The van der Waals surface area contributed by atoms with E-state index >= 15 is 0 Å². The van der Waals surface area contributed by atoms with Gasteiger partial charge in [0.05, 0.1) is 17.1 Å². The molecule has 1 fully saturated rings. The molecule has 2 heterocycles. The quantitative estimate of drug-likeness (QED) is 0.909. The van der Waals surface area contributed by atoms with Crippen LogP contribution in [0.15, 0.2) is 12.1 Å². The van der Waals surface area contributed by atoms with Gasteiger partial charge in [-0.2, -0.15) is 0 Å². The van der Waals surface area contributed by atoms with Gasteiger partial charge in [0.2, 0.25) is 0 Å². The molecule has 0 aliphatic carbocycles. The molecule has 0 aromatic carbocycles. The Balaban J connectivity index is 2.14. The van der Waals surface area contributed by atoms with E-state index in [1.807, 2.05) is 0 Å². The van der Waals surface area contributed by atoms with Crippen LogP contribution in [-0.4, -0.2) is 37.5 Å². The zero-order chi connectivity index (χ0) is 13.3. The van der Waals surface area contributed by atoms with Crippen LogP contribution in [-0.2, 0) is 20.3 Å². The van der Waals surface area contributed by atoms with Crippen molar-refractivity contribution in [1.29, 1.82) is 0 Å². The van der Waals surface area contributed by atoms with Gasteiger partial charge in [-0.1, -0.05) is 0 Å². The van der Waals surface area contributed by atoms with Gasteiger partial charge in [0.1, 0.15) is 4.88 Å². The molecule has 0 spiro atoms. The topological polar surface area (TPSA) is 80.7 Å². The maximum absolute atomic E-state index is 12.2. The predicted octanol–water partition coefficient (Wildman–Crippen LogP) is 1.54. The Kier molecular flexibility index (Phi) is 3.74. The Bertz CT molecular complexity index is 546. The Morgan fingerprint density at radius 2 is 2.28 bits per heavy atom. The summed E-state index contributed by atoms with van der Waals surface area (Å²) in [5.74, 6) is -1.13. The van der Waals surface area contributed by atoms with Crippen LogP contribution in [0.2, 0.25) is 0 Å². The number of hydrogen-bond donors (Lipinski definition) is 1. The molecule has 1 aromatic heterocycles. The van der Waals surface area contributed by atoms with Crippen molar-refractivity contribution in [2.75, 3.05) is 6.61 Å². The summed E-state index contributed by atoms with van der Waals surface area (Å²) in [7, 11) is -3.28. The molecule has 2 atom stereocenters. The zero-order valence-electron chi connectivity index (χ0n) is 9.83. The minimum absolute atomic E-state index is 0.108. The number of carboxylic acids is 1. The molecule has 0 bridgehead atoms. The highest BCUT2D eigenvalue weighted by Crippen LogP contribution is 2.26. The SMILES string of the molecule is CC1OCCC1S(=O)(=O)Cc1ccc(C(=O)O)s1. The highest BCUT2D eigenvalue weighted by Gasteiger charge is 2.35. The highest BCUT2D eigenvalue weighted by atomic mass is 32.2. The normalized spacial score (nSPS) is 24.3. The molecule has 1 aromatic rings. The van der Waals surface area contributed by atoms with Crippen LogP contribution >= 0.6 is 11.3 Å². The average molecular weight is 290 g/mol. The smallest absolute Gasteiger partial charge is 0.345 e. The van der Waals surface area contributed by atoms with Crippen molar-refractivity contribution in [2.24, 2.45) is 0 Å². The van der Waals surface area contributed by atoms with Crippen LogP contribution in [0.5, 0.6) is 0 Å². The van der Waals surface area contributed by atoms with Crippen LogP contribution in [0.1, 0.15) is 27.9 Å². The van der Waals surface area contributed by atoms with Crippen molar-refractivity contribution < 1.29 is 23.1 Å². The van der Waals surface area contributed by atoms with Crippen molar-refractivity contribution in [1.82, 2.24) is 0 Å². The van der Waals surface area contributed by atoms with Gasteiger partial charge in [-0.25, -0.2) is 13.2 Å². The fourth-order valence-corrected chi connectivity index (χ4v) is 5.25. The second-order valence-electron chi connectivity index (χ2n) is 4.28. The minimum Gasteiger partial charge on any atom is -0.477 e. The van der Waals surface area contributed by atoms with Crippen molar-refractivity contribution >= 4 is 27.1 Å². The number of hydrogen-bond acceptors (Lipinski definition) is 5. The minimum atomic E-state index is -3.28. The van der Waals surface area contributed by atoms with Crippen molar-refractivity contribution in [3.8, 4) is 0 Å². The van der Waals surface area contributed by atoms with E-state index in [1.165, 1.54) is 6.07 Å². The number of aromatic carboxylic acids is 1. The van der Waals surface area contributed by atoms with E-state index in [4.69, 9.17) is 9.84 Å². The first kappa shape index (κ1) is 13.5. The molecular formula is C11H14O5S2. The summed E-state index contributed by atoms with van der Waals surface area (Å²) in [6, 6.07) is 3.00. The third-order valence-electron chi connectivity index (χ3n) is 2.98. The lowest BCUT2D eigenvalue weighted by molar-refractivity contribution is 0.0702. The summed E-state index contributed by atoms with van der Waals surface area (Å²) in [6.45, 7) is 2.22. The van der Waals surface area contributed by atoms with E-state index in [9.17, 15) is 13.2 Å². The molecule has 0 radical (unpaired) electrons. The van der Waals surface area contributed by atoms with Crippen LogP contribution in [0.4, 0.5) is 0 Å². The summed E-state index contributed by atoms with van der Waals surface area (Å²) < 4.78 is 29.6. The van der Waals surface area contributed by atoms with Gasteiger partial charge < -0.3 is 9.84 Å².